The highest BCUT2D eigenvalue weighted by Crippen LogP contribution is 2.36. The van der Waals surface area contributed by atoms with E-state index in [1.807, 2.05) is 11.3 Å². The second-order valence-electron chi connectivity index (χ2n) is 4.18. The molecule has 0 saturated carbocycles. The summed E-state index contributed by atoms with van der Waals surface area (Å²) in [7, 11) is 0. The van der Waals surface area contributed by atoms with Crippen molar-refractivity contribution in [1.29, 1.82) is 0 Å². The summed E-state index contributed by atoms with van der Waals surface area (Å²) in [6.45, 7) is 0. The maximum Gasteiger partial charge on any atom is 0.0529 e. The predicted octanol–water partition coefficient (Wildman–Crippen LogP) is 5.30. The first-order valence-corrected chi connectivity index (χ1v) is 7.00. The molecule has 0 aliphatic rings. The first-order valence-electron chi connectivity index (χ1n) is 5.39. The summed E-state index contributed by atoms with van der Waals surface area (Å²) in [4.78, 5) is 3.17. The van der Waals surface area contributed by atoms with Crippen LogP contribution in [0.4, 0.5) is 0 Å². The molecule has 0 aliphatic heterocycles. The molecule has 0 atom stereocenters. The van der Waals surface area contributed by atoms with E-state index in [0.29, 0.717) is 0 Å². The topological polar surface area (TPSA) is 15.8 Å². The van der Waals surface area contributed by atoms with Gasteiger partial charge in [0.15, 0.2) is 0 Å². The van der Waals surface area contributed by atoms with Crippen molar-refractivity contribution >= 4 is 58.2 Å². The molecule has 4 aromatic rings. The van der Waals surface area contributed by atoms with Crippen LogP contribution in [0.15, 0.2) is 47.2 Å². The van der Waals surface area contributed by atoms with Crippen LogP contribution in [-0.2, 0) is 0 Å². The molecule has 3 heteroatoms. The Labute approximate surface area is 110 Å². The van der Waals surface area contributed by atoms with Gasteiger partial charge < -0.3 is 4.98 Å². The van der Waals surface area contributed by atoms with E-state index in [0.717, 1.165) is 4.47 Å². The molecule has 0 spiro atoms. The Bertz CT molecular complexity index is 856. The third-order valence-corrected chi connectivity index (χ3v) is 4.73. The van der Waals surface area contributed by atoms with E-state index in [-0.39, 0.29) is 0 Å². The lowest BCUT2D eigenvalue weighted by Gasteiger charge is -1.99. The fourth-order valence-corrected chi connectivity index (χ4v) is 3.79. The number of benzene rings is 2. The molecule has 82 valence electrons. The van der Waals surface area contributed by atoms with Crippen molar-refractivity contribution in [1.82, 2.24) is 4.98 Å². The fourth-order valence-electron chi connectivity index (χ4n) is 2.31. The molecule has 2 heterocycles. The number of rotatable bonds is 0. The maximum absolute atomic E-state index is 3.53. The van der Waals surface area contributed by atoms with Crippen molar-refractivity contribution in [2.45, 2.75) is 0 Å². The maximum atomic E-state index is 3.53. The summed E-state index contributed by atoms with van der Waals surface area (Å²) in [6, 6.07) is 11.0. The zero-order chi connectivity index (χ0) is 11.4. The molecule has 2 aromatic heterocycles. The van der Waals surface area contributed by atoms with Crippen LogP contribution in [0.3, 0.4) is 0 Å². The van der Waals surface area contributed by atoms with E-state index in [4.69, 9.17) is 0 Å². The summed E-state index contributed by atoms with van der Waals surface area (Å²) in [6.07, 6.45) is 4.15. The van der Waals surface area contributed by atoms with Gasteiger partial charge in [0, 0.05) is 32.3 Å². The average Bonchev–Trinajstić information content (AvgIpc) is 2.87. The minimum absolute atomic E-state index is 1.13. The quantitative estimate of drug-likeness (QED) is 0.454. The minimum atomic E-state index is 1.13. The van der Waals surface area contributed by atoms with Crippen molar-refractivity contribution in [3.8, 4) is 0 Å². The van der Waals surface area contributed by atoms with E-state index in [9.17, 15) is 0 Å². The van der Waals surface area contributed by atoms with Gasteiger partial charge in [-0.15, -0.1) is 11.3 Å². The van der Waals surface area contributed by atoms with Gasteiger partial charge in [-0.2, -0.15) is 0 Å². The second-order valence-corrected chi connectivity index (χ2v) is 6.17. The zero-order valence-electron chi connectivity index (χ0n) is 8.83. The van der Waals surface area contributed by atoms with E-state index < -0.39 is 0 Å². The van der Waals surface area contributed by atoms with Gasteiger partial charge >= 0.3 is 0 Å². The van der Waals surface area contributed by atoms with Crippen LogP contribution >= 0.6 is 27.3 Å². The van der Waals surface area contributed by atoms with Crippen LogP contribution in [0.5, 0.6) is 0 Å². The number of fused-ring (bicyclic) bond motifs is 4. The molecule has 1 nitrogen and oxygen atoms in total. The van der Waals surface area contributed by atoms with Crippen molar-refractivity contribution in [3.63, 3.8) is 0 Å². The summed E-state index contributed by atoms with van der Waals surface area (Å²) >= 11 is 5.37. The van der Waals surface area contributed by atoms with Crippen molar-refractivity contribution in [3.05, 3.63) is 47.2 Å². The van der Waals surface area contributed by atoms with E-state index in [1.165, 1.54) is 30.9 Å². The van der Waals surface area contributed by atoms with E-state index in [1.54, 1.807) is 0 Å². The summed E-state index contributed by atoms with van der Waals surface area (Å²) in [5, 5.41) is 5.25. The van der Waals surface area contributed by atoms with Gasteiger partial charge in [0.2, 0.25) is 0 Å². The Morgan fingerprint density at radius 3 is 2.76 bits per heavy atom. The highest BCUT2D eigenvalue weighted by atomic mass is 79.9. The SMILES string of the molecule is Brc1ccc2cc3sc4c[nH]cc4c3cc2c1. The largest absolute Gasteiger partial charge is 0.366 e. The van der Waals surface area contributed by atoms with Crippen LogP contribution in [0, 0.1) is 0 Å². The molecule has 0 unspecified atom stereocenters. The molecule has 0 fully saturated rings. The standard InChI is InChI=1S/C14H8BrNS/c15-10-2-1-8-5-13-11(4-9(8)3-10)12-6-16-7-14(12)17-13/h1-7,16H. The molecule has 4 rings (SSSR count). The van der Waals surface area contributed by atoms with Crippen LogP contribution in [0.25, 0.3) is 30.9 Å². The number of hydrogen-bond acceptors (Lipinski definition) is 1. The minimum Gasteiger partial charge on any atom is -0.366 e. The Hall–Kier alpha value is -1.32. The number of halogens is 1. The molecular formula is C14H8BrNS. The number of H-pyrrole nitrogens is 1. The van der Waals surface area contributed by atoms with Crippen molar-refractivity contribution in [2.24, 2.45) is 0 Å². The lowest BCUT2D eigenvalue weighted by Crippen LogP contribution is -1.73. The van der Waals surface area contributed by atoms with Gasteiger partial charge in [0.05, 0.1) is 4.70 Å². The summed E-state index contributed by atoms with van der Waals surface area (Å²) in [5.74, 6) is 0. The average molecular weight is 302 g/mol. The van der Waals surface area contributed by atoms with Crippen molar-refractivity contribution < 1.29 is 0 Å². The number of aromatic nitrogens is 1. The Kier molecular flexibility index (Phi) is 1.90. The van der Waals surface area contributed by atoms with E-state index in [2.05, 4.69) is 63.6 Å². The van der Waals surface area contributed by atoms with Crippen LogP contribution in [-0.4, -0.2) is 4.98 Å². The molecule has 0 radical (unpaired) electrons. The van der Waals surface area contributed by atoms with Gasteiger partial charge in [-0.3, -0.25) is 0 Å². The molecule has 2 aromatic carbocycles. The zero-order valence-corrected chi connectivity index (χ0v) is 11.2. The Balaban J connectivity index is 2.25. The molecule has 17 heavy (non-hydrogen) atoms. The van der Waals surface area contributed by atoms with Gasteiger partial charge in [-0.05, 0) is 35.0 Å². The molecule has 0 aliphatic carbocycles. The number of nitrogens with one attached hydrogen (secondary N) is 1. The Morgan fingerprint density at radius 2 is 1.82 bits per heavy atom. The van der Waals surface area contributed by atoms with Crippen LogP contribution < -0.4 is 0 Å². The summed E-state index contributed by atoms with van der Waals surface area (Å²) < 4.78 is 3.82. The first kappa shape index (κ1) is 9.68. The number of hydrogen-bond donors (Lipinski definition) is 1. The smallest absolute Gasteiger partial charge is 0.0529 e. The molecular weight excluding hydrogens is 294 g/mol. The molecule has 0 bridgehead atoms. The molecule has 1 N–H and O–H groups in total. The third kappa shape index (κ3) is 1.36. The van der Waals surface area contributed by atoms with Gasteiger partial charge in [-0.25, -0.2) is 0 Å². The predicted molar refractivity (Wildman–Crippen MR) is 78.9 cm³/mol. The lowest BCUT2D eigenvalue weighted by molar-refractivity contribution is 1.43. The fraction of sp³-hybridized carbons (Fsp3) is 0. The van der Waals surface area contributed by atoms with E-state index >= 15 is 0 Å². The van der Waals surface area contributed by atoms with Crippen LogP contribution in [0.2, 0.25) is 0 Å². The molecule has 0 saturated heterocycles. The second kappa shape index (κ2) is 3.34. The molecule has 0 amide bonds. The van der Waals surface area contributed by atoms with Gasteiger partial charge in [-0.1, -0.05) is 22.0 Å². The number of thiophene rings is 1. The van der Waals surface area contributed by atoms with Crippen molar-refractivity contribution in [2.75, 3.05) is 0 Å². The highest BCUT2D eigenvalue weighted by molar-refractivity contribution is 9.10. The lowest BCUT2D eigenvalue weighted by atomic mass is 10.1. The van der Waals surface area contributed by atoms with Gasteiger partial charge in [0.25, 0.3) is 0 Å². The third-order valence-electron chi connectivity index (χ3n) is 3.12. The highest BCUT2D eigenvalue weighted by Gasteiger charge is 2.06. The monoisotopic (exact) mass is 301 g/mol. The summed E-state index contributed by atoms with van der Waals surface area (Å²) in [5.41, 5.74) is 0. The van der Waals surface area contributed by atoms with Gasteiger partial charge in [0.1, 0.15) is 0 Å². The van der Waals surface area contributed by atoms with Crippen LogP contribution in [0.1, 0.15) is 0 Å². The normalized spacial score (nSPS) is 11.8. The first-order chi connectivity index (χ1) is 8.31. The number of aromatic amines is 1. The Morgan fingerprint density at radius 1 is 0.882 bits per heavy atom.